The van der Waals surface area contributed by atoms with Crippen LogP contribution < -0.4 is 4.90 Å². The van der Waals surface area contributed by atoms with Crippen LogP contribution in [0.2, 0.25) is 0 Å². The summed E-state index contributed by atoms with van der Waals surface area (Å²) in [6.07, 6.45) is 4.73. The topological polar surface area (TPSA) is 77.9 Å². The third kappa shape index (κ3) is 3.65. The summed E-state index contributed by atoms with van der Waals surface area (Å²) in [4.78, 5) is 42.5. The van der Waals surface area contributed by atoms with Gasteiger partial charge in [0.25, 0.3) is 5.91 Å². The van der Waals surface area contributed by atoms with E-state index in [2.05, 4.69) is 0 Å². The van der Waals surface area contributed by atoms with Gasteiger partial charge in [0.2, 0.25) is 5.91 Å². The summed E-state index contributed by atoms with van der Waals surface area (Å²) in [5, 5.41) is 11.0. The van der Waals surface area contributed by atoms with Crippen molar-refractivity contribution in [3.63, 3.8) is 0 Å². The number of fused-ring (bicyclic) bond motifs is 2. The Balaban J connectivity index is 1.56. The van der Waals surface area contributed by atoms with Gasteiger partial charge in [-0.2, -0.15) is 0 Å². The molecule has 0 radical (unpaired) electrons. The van der Waals surface area contributed by atoms with Crippen molar-refractivity contribution in [3.8, 4) is 0 Å². The van der Waals surface area contributed by atoms with Gasteiger partial charge in [-0.15, -0.1) is 11.3 Å². The van der Waals surface area contributed by atoms with Crippen LogP contribution >= 0.6 is 11.3 Å². The fraction of sp³-hybridized carbons (Fsp3) is 0.458. The average molecular weight is 439 g/mol. The van der Waals surface area contributed by atoms with E-state index in [1.807, 2.05) is 51.6 Å². The van der Waals surface area contributed by atoms with E-state index in [-0.39, 0.29) is 48.7 Å². The molecule has 0 spiro atoms. The highest BCUT2D eigenvalue weighted by Crippen LogP contribution is 2.53. The summed E-state index contributed by atoms with van der Waals surface area (Å²) < 4.78 is 0. The van der Waals surface area contributed by atoms with Gasteiger partial charge in [0.15, 0.2) is 0 Å². The van der Waals surface area contributed by atoms with Crippen LogP contribution in [0, 0.1) is 5.92 Å². The van der Waals surface area contributed by atoms with Crippen molar-refractivity contribution in [2.75, 3.05) is 4.90 Å². The lowest BCUT2D eigenvalue weighted by molar-refractivity contribution is -0.142. The number of hydrogen-bond donors (Lipinski definition) is 1. The van der Waals surface area contributed by atoms with Crippen molar-refractivity contribution in [1.82, 2.24) is 4.90 Å². The van der Waals surface area contributed by atoms with Crippen LogP contribution in [0.1, 0.15) is 66.2 Å². The summed E-state index contributed by atoms with van der Waals surface area (Å²) in [5.74, 6) is -0.811. The van der Waals surface area contributed by atoms with E-state index in [0.717, 1.165) is 48.2 Å². The van der Waals surface area contributed by atoms with Crippen LogP contribution in [0.3, 0.4) is 0 Å². The Morgan fingerprint density at radius 2 is 1.84 bits per heavy atom. The van der Waals surface area contributed by atoms with Gasteiger partial charge >= 0.3 is 5.97 Å². The van der Waals surface area contributed by atoms with E-state index >= 15 is 0 Å². The molecule has 1 N–H and O–H groups in total. The maximum absolute atomic E-state index is 13.5. The smallest absolute Gasteiger partial charge is 0.303 e. The number of rotatable bonds is 6. The van der Waals surface area contributed by atoms with Crippen LogP contribution in [-0.2, 0) is 9.59 Å². The van der Waals surface area contributed by atoms with Gasteiger partial charge < -0.3 is 14.9 Å². The second kappa shape index (κ2) is 8.11. The molecule has 31 heavy (non-hydrogen) atoms. The second-order valence-corrected chi connectivity index (χ2v) is 9.69. The number of thiophene rings is 1. The average Bonchev–Trinajstić information content (AvgIpc) is 3.24. The summed E-state index contributed by atoms with van der Waals surface area (Å²) in [6, 6.07) is 11.9. The minimum Gasteiger partial charge on any atom is -0.481 e. The molecule has 5 rings (SSSR count). The number of carbonyl (C=O) groups excluding carboxylic acids is 2. The minimum absolute atomic E-state index is 0.0275. The lowest BCUT2D eigenvalue weighted by atomic mass is 9.81. The van der Waals surface area contributed by atoms with E-state index < -0.39 is 5.97 Å². The molecule has 2 amide bonds. The Labute approximate surface area is 185 Å². The number of hydrogen-bond acceptors (Lipinski definition) is 4. The molecule has 3 atom stereocenters. The largest absolute Gasteiger partial charge is 0.481 e. The van der Waals surface area contributed by atoms with Gasteiger partial charge in [0.05, 0.1) is 17.3 Å². The standard InChI is InChI=1S/C24H26N2O4S/c27-21(12-13-22(28)29)25(15-10-11-15)23-16-5-1-2-7-18(16)26(19-8-3-6-17(19)23)24(30)20-9-4-14-31-20/h1-2,4-5,7,9,14-15,17,19,23H,3,6,8,10-13H2,(H,28,29)/t17-,19+,23+/m1/s1. The SMILES string of the molecule is O=C(O)CCC(=O)N(C1CC1)[C@H]1c2ccccc2N(C(=O)c2cccs2)[C@H]2CCC[C@H]21. The van der Waals surface area contributed by atoms with Gasteiger partial charge in [-0.1, -0.05) is 30.7 Å². The number of carbonyl (C=O) groups is 3. The molecule has 7 heteroatoms. The van der Waals surface area contributed by atoms with Gasteiger partial charge in [-0.05, 0) is 48.8 Å². The first-order valence-electron chi connectivity index (χ1n) is 11.0. The molecule has 1 aliphatic heterocycles. The molecule has 0 unspecified atom stereocenters. The normalized spacial score (nSPS) is 24.4. The summed E-state index contributed by atoms with van der Waals surface area (Å²) >= 11 is 1.46. The number of anilines is 1. The number of aliphatic carboxylic acids is 1. The molecule has 2 aliphatic carbocycles. The number of amides is 2. The first-order chi connectivity index (χ1) is 15.1. The summed E-state index contributed by atoms with van der Waals surface area (Å²) in [6.45, 7) is 0. The maximum Gasteiger partial charge on any atom is 0.303 e. The Hall–Kier alpha value is -2.67. The van der Waals surface area contributed by atoms with E-state index in [1.54, 1.807) is 0 Å². The Morgan fingerprint density at radius 1 is 1.03 bits per heavy atom. The van der Waals surface area contributed by atoms with E-state index in [4.69, 9.17) is 5.11 Å². The number of carboxylic acid groups (broad SMARTS) is 1. The van der Waals surface area contributed by atoms with Crippen molar-refractivity contribution in [1.29, 1.82) is 0 Å². The first kappa shape index (κ1) is 20.2. The fourth-order valence-corrected chi connectivity index (χ4v) is 6.10. The van der Waals surface area contributed by atoms with Crippen molar-refractivity contribution < 1.29 is 19.5 Å². The monoisotopic (exact) mass is 438 g/mol. The molecule has 1 aromatic carbocycles. The first-order valence-corrected chi connectivity index (χ1v) is 11.9. The molecule has 2 saturated carbocycles. The summed E-state index contributed by atoms with van der Waals surface area (Å²) in [5.41, 5.74) is 1.91. The Kier molecular flexibility index (Phi) is 5.30. The third-order valence-electron chi connectivity index (χ3n) is 6.82. The molecule has 162 valence electrons. The van der Waals surface area contributed by atoms with Crippen molar-refractivity contribution in [3.05, 3.63) is 52.2 Å². The van der Waals surface area contributed by atoms with Crippen LogP contribution in [0.25, 0.3) is 0 Å². The van der Waals surface area contributed by atoms with Gasteiger partial charge in [0, 0.05) is 30.1 Å². The predicted octanol–water partition coefficient (Wildman–Crippen LogP) is 4.47. The van der Waals surface area contributed by atoms with E-state index in [1.165, 1.54) is 11.3 Å². The molecular formula is C24H26N2O4S. The zero-order valence-corrected chi connectivity index (χ0v) is 18.1. The summed E-state index contributed by atoms with van der Waals surface area (Å²) in [7, 11) is 0. The highest BCUT2D eigenvalue weighted by Gasteiger charge is 2.51. The van der Waals surface area contributed by atoms with E-state index in [9.17, 15) is 14.4 Å². The fourth-order valence-electron chi connectivity index (χ4n) is 5.44. The van der Waals surface area contributed by atoms with Crippen molar-refractivity contribution >= 4 is 34.8 Å². The number of carboxylic acids is 1. The van der Waals surface area contributed by atoms with Crippen LogP contribution in [-0.4, -0.2) is 39.9 Å². The van der Waals surface area contributed by atoms with Gasteiger partial charge in [0.1, 0.15) is 0 Å². The lowest BCUT2D eigenvalue weighted by Crippen LogP contribution is -2.52. The zero-order chi connectivity index (χ0) is 21.5. The molecule has 2 fully saturated rings. The molecular weight excluding hydrogens is 412 g/mol. The van der Waals surface area contributed by atoms with Crippen LogP contribution in [0.15, 0.2) is 41.8 Å². The zero-order valence-electron chi connectivity index (χ0n) is 17.3. The Morgan fingerprint density at radius 3 is 2.55 bits per heavy atom. The minimum atomic E-state index is -0.945. The maximum atomic E-state index is 13.5. The molecule has 0 bridgehead atoms. The number of nitrogens with zero attached hydrogens (tertiary/aromatic N) is 2. The van der Waals surface area contributed by atoms with Crippen molar-refractivity contribution in [2.45, 2.75) is 63.1 Å². The molecule has 3 aliphatic rings. The highest BCUT2D eigenvalue weighted by atomic mass is 32.1. The predicted molar refractivity (Wildman–Crippen MR) is 118 cm³/mol. The van der Waals surface area contributed by atoms with Crippen molar-refractivity contribution in [2.24, 2.45) is 5.92 Å². The molecule has 2 heterocycles. The quantitative estimate of drug-likeness (QED) is 0.722. The lowest BCUT2D eigenvalue weighted by Gasteiger charge is -2.47. The highest BCUT2D eigenvalue weighted by molar-refractivity contribution is 7.12. The van der Waals surface area contributed by atoms with E-state index in [0.29, 0.717) is 0 Å². The molecule has 6 nitrogen and oxygen atoms in total. The third-order valence-corrected chi connectivity index (χ3v) is 7.67. The number of benzene rings is 1. The Bertz CT molecular complexity index is 1000. The molecule has 1 aromatic heterocycles. The van der Waals surface area contributed by atoms with Crippen LogP contribution in [0.4, 0.5) is 5.69 Å². The van der Waals surface area contributed by atoms with Gasteiger partial charge in [-0.3, -0.25) is 14.4 Å². The molecule has 2 aromatic rings. The number of para-hydroxylation sites is 1. The second-order valence-electron chi connectivity index (χ2n) is 8.74. The van der Waals surface area contributed by atoms with Gasteiger partial charge in [-0.25, -0.2) is 0 Å². The molecule has 0 saturated heterocycles. The van der Waals surface area contributed by atoms with Crippen LogP contribution in [0.5, 0.6) is 0 Å².